The molecule has 0 fully saturated rings. The van der Waals surface area contributed by atoms with Gasteiger partial charge in [-0.1, -0.05) is 42.0 Å². The van der Waals surface area contributed by atoms with Crippen LogP contribution in [0.5, 0.6) is 0 Å². The largest absolute Gasteiger partial charge is 0.321 e. The van der Waals surface area contributed by atoms with E-state index in [1.807, 2.05) is 19.1 Å². The quantitative estimate of drug-likeness (QED) is 0.663. The van der Waals surface area contributed by atoms with Crippen molar-refractivity contribution in [3.63, 3.8) is 0 Å². The van der Waals surface area contributed by atoms with Gasteiger partial charge in [0.05, 0.1) is 6.04 Å². The Balaban J connectivity index is 2.95. The number of hydrogen-bond acceptors (Lipinski definition) is 1. The minimum Gasteiger partial charge on any atom is -0.321 e. The summed E-state index contributed by atoms with van der Waals surface area (Å²) in [6.07, 6.45) is 0. The van der Waals surface area contributed by atoms with Crippen molar-refractivity contribution in [3.05, 3.63) is 47.5 Å². The van der Waals surface area contributed by atoms with Crippen molar-refractivity contribution in [3.8, 4) is 0 Å². The fourth-order valence-electron chi connectivity index (χ4n) is 1.15. The third kappa shape index (κ3) is 1.95. The molecule has 0 aliphatic carbocycles. The van der Waals surface area contributed by atoms with E-state index in [1.165, 1.54) is 5.56 Å². The second kappa shape index (κ2) is 3.55. The number of nitrogens with two attached hydrogens (primary N) is 1. The average Bonchev–Trinajstić information content (AvgIpc) is 2.03. The van der Waals surface area contributed by atoms with Crippen LogP contribution < -0.4 is 5.73 Å². The van der Waals surface area contributed by atoms with E-state index < -0.39 is 0 Å². The molecule has 0 bridgehead atoms. The summed E-state index contributed by atoms with van der Waals surface area (Å²) in [5.74, 6) is 0. The standard InChI is InChI=1S/C11H15N/c1-8(2)11(12)10-6-4-5-9(3)7-10/h4-7,11H,1,12H2,2-3H3. The molecule has 0 aliphatic heterocycles. The van der Waals surface area contributed by atoms with Crippen molar-refractivity contribution in [1.82, 2.24) is 0 Å². The summed E-state index contributed by atoms with van der Waals surface area (Å²) in [6, 6.07) is 8.19. The van der Waals surface area contributed by atoms with E-state index in [0.29, 0.717) is 0 Å². The van der Waals surface area contributed by atoms with Crippen molar-refractivity contribution in [1.29, 1.82) is 0 Å². The molecule has 1 atom stereocenters. The molecule has 64 valence electrons. The Morgan fingerprint density at radius 1 is 1.50 bits per heavy atom. The monoisotopic (exact) mass is 161 g/mol. The summed E-state index contributed by atoms with van der Waals surface area (Å²) in [5, 5.41) is 0. The van der Waals surface area contributed by atoms with Crippen LogP contribution in [0.25, 0.3) is 0 Å². The first-order valence-electron chi connectivity index (χ1n) is 4.09. The summed E-state index contributed by atoms with van der Waals surface area (Å²) >= 11 is 0. The van der Waals surface area contributed by atoms with Crippen LogP contribution in [0, 0.1) is 6.92 Å². The first kappa shape index (κ1) is 9.01. The van der Waals surface area contributed by atoms with Crippen molar-refractivity contribution < 1.29 is 0 Å². The normalized spacial score (nSPS) is 12.6. The van der Waals surface area contributed by atoms with Crippen molar-refractivity contribution >= 4 is 0 Å². The zero-order valence-electron chi connectivity index (χ0n) is 7.67. The molecule has 0 radical (unpaired) electrons. The molecule has 1 heteroatoms. The minimum atomic E-state index is -0.0232. The van der Waals surface area contributed by atoms with Gasteiger partial charge in [0, 0.05) is 0 Å². The van der Waals surface area contributed by atoms with Gasteiger partial charge in [0.2, 0.25) is 0 Å². The molecule has 1 rings (SSSR count). The van der Waals surface area contributed by atoms with E-state index in [2.05, 4.69) is 25.6 Å². The molecule has 0 heterocycles. The number of hydrogen-bond donors (Lipinski definition) is 1. The fraction of sp³-hybridized carbons (Fsp3) is 0.273. The van der Waals surface area contributed by atoms with Crippen LogP contribution in [0.15, 0.2) is 36.4 Å². The lowest BCUT2D eigenvalue weighted by molar-refractivity contribution is 0.849. The summed E-state index contributed by atoms with van der Waals surface area (Å²) in [4.78, 5) is 0. The van der Waals surface area contributed by atoms with Crippen molar-refractivity contribution in [2.45, 2.75) is 19.9 Å². The Labute approximate surface area is 73.9 Å². The highest BCUT2D eigenvalue weighted by atomic mass is 14.6. The average molecular weight is 161 g/mol. The van der Waals surface area contributed by atoms with E-state index in [4.69, 9.17) is 5.73 Å². The highest BCUT2D eigenvalue weighted by Gasteiger charge is 2.04. The molecular weight excluding hydrogens is 146 g/mol. The van der Waals surface area contributed by atoms with Gasteiger partial charge in [0.15, 0.2) is 0 Å². The molecule has 1 unspecified atom stereocenters. The Morgan fingerprint density at radius 2 is 2.17 bits per heavy atom. The number of aryl methyl sites for hydroxylation is 1. The zero-order chi connectivity index (χ0) is 9.14. The summed E-state index contributed by atoms with van der Waals surface area (Å²) in [7, 11) is 0. The molecule has 0 saturated carbocycles. The van der Waals surface area contributed by atoms with Crippen LogP contribution in [0.1, 0.15) is 24.1 Å². The minimum absolute atomic E-state index is 0.0232. The lowest BCUT2D eigenvalue weighted by Crippen LogP contribution is -2.10. The van der Waals surface area contributed by atoms with Gasteiger partial charge in [0.1, 0.15) is 0 Å². The molecule has 1 aromatic carbocycles. The van der Waals surface area contributed by atoms with Gasteiger partial charge in [-0.3, -0.25) is 0 Å². The smallest absolute Gasteiger partial charge is 0.0505 e. The predicted molar refractivity (Wildman–Crippen MR) is 52.9 cm³/mol. The van der Waals surface area contributed by atoms with Crippen LogP contribution >= 0.6 is 0 Å². The third-order valence-electron chi connectivity index (χ3n) is 1.93. The fourth-order valence-corrected chi connectivity index (χ4v) is 1.15. The Bertz CT molecular complexity index is 289. The van der Waals surface area contributed by atoms with Gasteiger partial charge in [0.25, 0.3) is 0 Å². The Kier molecular flexibility index (Phi) is 2.66. The van der Waals surface area contributed by atoms with Gasteiger partial charge in [-0.25, -0.2) is 0 Å². The SMILES string of the molecule is C=C(C)C(N)c1cccc(C)c1. The van der Waals surface area contributed by atoms with Gasteiger partial charge >= 0.3 is 0 Å². The summed E-state index contributed by atoms with van der Waals surface area (Å²) < 4.78 is 0. The number of rotatable bonds is 2. The third-order valence-corrected chi connectivity index (χ3v) is 1.93. The highest BCUT2D eigenvalue weighted by molar-refractivity contribution is 5.29. The lowest BCUT2D eigenvalue weighted by Gasteiger charge is -2.11. The van der Waals surface area contributed by atoms with Gasteiger partial charge < -0.3 is 5.73 Å². The van der Waals surface area contributed by atoms with Crippen molar-refractivity contribution in [2.75, 3.05) is 0 Å². The van der Waals surface area contributed by atoms with E-state index in [1.54, 1.807) is 0 Å². The van der Waals surface area contributed by atoms with Gasteiger partial charge in [-0.2, -0.15) is 0 Å². The van der Waals surface area contributed by atoms with E-state index in [9.17, 15) is 0 Å². The van der Waals surface area contributed by atoms with E-state index >= 15 is 0 Å². The molecule has 0 saturated heterocycles. The molecular formula is C11H15N. The van der Waals surface area contributed by atoms with Crippen molar-refractivity contribution in [2.24, 2.45) is 5.73 Å². The molecule has 12 heavy (non-hydrogen) atoms. The molecule has 0 aromatic heterocycles. The predicted octanol–water partition coefficient (Wildman–Crippen LogP) is 2.57. The maximum atomic E-state index is 5.91. The van der Waals surface area contributed by atoms with Gasteiger partial charge in [-0.05, 0) is 19.4 Å². The van der Waals surface area contributed by atoms with Crippen LogP contribution in [-0.4, -0.2) is 0 Å². The molecule has 0 aliphatic rings. The molecule has 0 amide bonds. The number of benzene rings is 1. The topological polar surface area (TPSA) is 26.0 Å². The van der Waals surface area contributed by atoms with Crippen LogP contribution in [0.2, 0.25) is 0 Å². The summed E-state index contributed by atoms with van der Waals surface area (Å²) in [5.41, 5.74) is 9.29. The second-order valence-electron chi connectivity index (χ2n) is 3.24. The van der Waals surface area contributed by atoms with E-state index in [-0.39, 0.29) is 6.04 Å². The highest BCUT2D eigenvalue weighted by Crippen LogP contribution is 2.17. The van der Waals surface area contributed by atoms with Crippen LogP contribution in [-0.2, 0) is 0 Å². The van der Waals surface area contributed by atoms with Gasteiger partial charge in [-0.15, -0.1) is 0 Å². The lowest BCUT2D eigenvalue weighted by atomic mass is 10.0. The van der Waals surface area contributed by atoms with Crippen LogP contribution in [0.4, 0.5) is 0 Å². The van der Waals surface area contributed by atoms with Crippen LogP contribution in [0.3, 0.4) is 0 Å². The Morgan fingerprint density at radius 3 is 2.67 bits per heavy atom. The molecule has 1 aromatic rings. The first-order chi connectivity index (χ1) is 5.61. The summed E-state index contributed by atoms with van der Waals surface area (Å²) in [6.45, 7) is 7.85. The second-order valence-corrected chi connectivity index (χ2v) is 3.24. The van der Waals surface area contributed by atoms with E-state index in [0.717, 1.165) is 11.1 Å². The Hall–Kier alpha value is -1.08. The molecule has 2 N–H and O–H groups in total. The maximum Gasteiger partial charge on any atom is 0.0505 e. The molecule has 1 nitrogen and oxygen atoms in total. The first-order valence-corrected chi connectivity index (χ1v) is 4.09. The molecule has 0 spiro atoms. The maximum absolute atomic E-state index is 5.91. The zero-order valence-corrected chi connectivity index (χ0v) is 7.67.